The van der Waals surface area contributed by atoms with Crippen molar-refractivity contribution < 1.29 is 4.79 Å². The summed E-state index contributed by atoms with van der Waals surface area (Å²) in [5, 5.41) is 2.90. The number of aryl methyl sites for hydroxylation is 1. The summed E-state index contributed by atoms with van der Waals surface area (Å²) in [7, 11) is 0. The molecule has 3 heteroatoms. The van der Waals surface area contributed by atoms with Crippen molar-refractivity contribution in [2.45, 2.75) is 25.4 Å². The van der Waals surface area contributed by atoms with E-state index in [4.69, 9.17) is 5.73 Å². The Morgan fingerprint density at radius 2 is 2.14 bits per heavy atom. The van der Waals surface area contributed by atoms with Gasteiger partial charge in [-0.05, 0) is 18.1 Å². The number of nitrogens with two attached hydrogens (primary N) is 1. The Kier molecular flexibility index (Phi) is 2.25. The molecule has 2 atom stereocenters. The summed E-state index contributed by atoms with van der Waals surface area (Å²) in [6.07, 6.45) is 0.430. The summed E-state index contributed by atoms with van der Waals surface area (Å²) in [6.45, 7) is 2.03. The van der Waals surface area contributed by atoms with Crippen molar-refractivity contribution in [2.24, 2.45) is 5.73 Å². The van der Waals surface area contributed by atoms with Crippen molar-refractivity contribution in [3.63, 3.8) is 0 Å². The molecule has 3 N–H and O–H groups in total. The fourth-order valence-electron chi connectivity index (χ4n) is 1.92. The number of amides is 1. The Bertz CT molecular complexity index is 362. The molecule has 3 nitrogen and oxygen atoms in total. The second-order valence-electron chi connectivity index (χ2n) is 3.77. The van der Waals surface area contributed by atoms with E-state index >= 15 is 0 Å². The third-order valence-corrected chi connectivity index (χ3v) is 2.69. The molecule has 0 spiro atoms. The lowest BCUT2D eigenvalue weighted by Gasteiger charge is -2.17. The SMILES string of the molecule is Cc1ccccc1[C@@H]1NC(=O)C[C@H]1N. The average Bonchev–Trinajstić information content (AvgIpc) is 2.46. The Balaban J connectivity index is 2.32. The third-order valence-electron chi connectivity index (χ3n) is 2.69. The van der Waals surface area contributed by atoms with Crippen LogP contribution in [0, 0.1) is 6.92 Å². The van der Waals surface area contributed by atoms with Crippen LogP contribution in [-0.4, -0.2) is 11.9 Å². The highest BCUT2D eigenvalue weighted by Gasteiger charge is 2.30. The monoisotopic (exact) mass is 190 g/mol. The Hall–Kier alpha value is -1.35. The van der Waals surface area contributed by atoms with E-state index in [0.29, 0.717) is 6.42 Å². The lowest BCUT2D eigenvalue weighted by atomic mass is 9.97. The molecule has 2 rings (SSSR count). The number of carbonyl (C=O) groups excluding carboxylic acids is 1. The van der Waals surface area contributed by atoms with E-state index in [1.54, 1.807) is 0 Å². The molecule has 1 aromatic rings. The molecule has 0 unspecified atom stereocenters. The molecule has 74 valence electrons. The highest BCUT2D eigenvalue weighted by molar-refractivity contribution is 5.80. The molecule has 1 fully saturated rings. The van der Waals surface area contributed by atoms with Crippen LogP contribution in [-0.2, 0) is 4.79 Å². The van der Waals surface area contributed by atoms with E-state index in [1.165, 1.54) is 5.56 Å². The molecule has 14 heavy (non-hydrogen) atoms. The minimum atomic E-state index is -0.0939. The summed E-state index contributed by atoms with van der Waals surface area (Å²) in [5.41, 5.74) is 8.19. The molecule has 1 aliphatic heterocycles. The van der Waals surface area contributed by atoms with Gasteiger partial charge in [-0.15, -0.1) is 0 Å². The van der Waals surface area contributed by atoms with E-state index < -0.39 is 0 Å². The first-order chi connectivity index (χ1) is 6.68. The van der Waals surface area contributed by atoms with Gasteiger partial charge in [0.1, 0.15) is 0 Å². The van der Waals surface area contributed by atoms with E-state index in [9.17, 15) is 4.79 Å². The minimum absolute atomic E-state index is 0.0105. The fraction of sp³-hybridized carbons (Fsp3) is 0.364. The van der Waals surface area contributed by atoms with E-state index in [0.717, 1.165) is 5.56 Å². The molecular formula is C11H14N2O. The smallest absolute Gasteiger partial charge is 0.222 e. The van der Waals surface area contributed by atoms with Crippen LogP contribution in [0.3, 0.4) is 0 Å². The van der Waals surface area contributed by atoms with Crippen molar-refractivity contribution >= 4 is 5.91 Å². The van der Waals surface area contributed by atoms with Crippen LogP contribution in [0.2, 0.25) is 0 Å². The molecular weight excluding hydrogens is 176 g/mol. The van der Waals surface area contributed by atoms with Crippen LogP contribution in [0.5, 0.6) is 0 Å². The normalized spacial score (nSPS) is 26.3. The molecule has 0 radical (unpaired) electrons. The number of rotatable bonds is 1. The summed E-state index contributed by atoms with van der Waals surface area (Å²) < 4.78 is 0. The quantitative estimate of drug-likeness (QED) is 0.690. The van der Waals surface area contributed by atoms with Gasteiger partial charge in [-0.25, -0.2) is 0 Å². The zero-order valence-electron chi connectivity index (χ0n) is 8.16. The summed E-state index contributed by atoms with van der Waals surface area (Å²) >= 11 is 0. The maximum Gasteiger partial charge on any atom is 0.222 e. The van der Waals surface area contributed by atoms with Crippen molar-refractivity contribution in [1.82, 2.24) is 5.32 Å². The number of nitrogens with one attached hydrogen (secondary N) is 1. The van der Waals surface area contributed by atoms with Crippen LogP contribution in [0.15, 0.2) is 24.3 Å². The molecule has 1 heterocycles. The third kappa shape index (κ3) is 1.51. The highest BCUT2D eigenvalue weighted by atomic mass is 16.2. The number of benzene rings is 1. The zero-order valence-corrected chi connectivity index (χ0v) is 8.16. The van der Waals surface area contributed by atoms with E-state index in [1.807, 2.05) is 31.2 Å². The van der Waals surface area contributed by atoms with Crippen LogP contribution >= 0.6 is 0 Å². The van der Waals surface area contributed by atoms with Crippen LogP contribution < -0.4 is 11.1 Å². The van der Waals surface area contributed by atoms with Gasteiger partial charge >= 0.3 is 0 Å². The number of carbonyl (C=O) groups is 1. The molecule has 1 amide bonds. The molecule has 0 saturated carbocycles. The first kappa shape index (κ1) is 9.21. The average molecular weight is 190 g/mol. The Morgan fingerprint density at radius 3 is 2.71 bits per heavy atom. The van der Waals surface area contributed by atoms with Gasteiger partial charge in [-0.1, -0.05) is 24.3 Å². The number of hydrogen-bond donors (Lipinski definition) is 2. The van der Waals surface area contributed by atoms with Gasteiger partial charge in [0.15, 0.2) is 0 Å². The van der Waals surface area contributed by atoms with Gasteiger partial charge in [0.25, 0.3) is 0 Å². The van der Waals surface area contributed by atoms with Gasteiger partial charge in [0.2, 0.25) is 5.91 Å². The Labute approximate surface area is 83.3 Å². The van der Waals surface area contributed by atoms with E-state index in [-0.39, 0.29) is 18.0 Å². The van der Waals surface area contributed by atoms with Gasteiger partial charge in [-0.3, -0.25) is 4.79 Å². The predicted octanol–water partition coefficient (Wildman–Crippen LogP) is 0.883. The molecule has 0 bridgehead atoms. The van der Waals surface area contributed by atoms with Crippen molar-refractivity contribution in [2.75, 3.05) is 0 Å². The van der Waals surface area contributed by atoms with E-state index in [2.05, 4.69) is 5.32 Å². The van der Waals surface area contributed by atoms with Crippen LogP contribution in [0.4, 0.5) is 0 Å². The van der Waals surface area contributed by atoms with Crippen molar-refractivity contribution in [1.29, 1.82) is 0 Å². The maximum absolute atomic E-state index is 11.2. The van der Waals surface area contributed by atoms with Gasteiger partial charge in [0.05, 0.1) is 6.04 Å². The first-order valence-corrected chi connectivity index (χ1v) is 4.79. The largest absolute Gasteiger partial charge is 0.348 e. The molecule has 1 saturated heterocycles. The van der Waals surface area contributed by atoms with Crippen LogP contribution in [0.1, 0.15) is 23.6 Å². The van der Waals surface area contributed by atoms with Gasteiger partial charge < -0.3 is 11.1 Å². The topological polar surface area (TPSA) is 55.1 Å². The number of hydrogen-bond acceptors (Lipinski definition) is 2. The summed E-state index contributed by atoms with van der Waals surface area (Å²) in [6, 6.07) is 7.91. The predicted molar refractivity (Wildman–Crippen MR) is 54.7 cm³/mol. The molecule has 1 aromatic carbocycles. The highest BCUT2D eigenvalue weighted by Crippen LogP contribution is 2.25. The lowest BCUT2D eigenvalue weighted by Crippen LogP contribution is -2.29. The van der Waals surface area contributed by atoms with Crippen molar-refractivity contribution in [3.05, 3.63) is 35.4 Å². The van der Waals surface area contributed by atoms with Gasteiger partial charge in [0, 0.05) is 12.5 Å². The summed E-state index contributed by atoms with van der Waals surface area (Å²) in [5.74, 6) is 0.0470. The molecule has 0 aliphatic carbocycles. The standard InChI is InChI=1S/C11H14N2O/c1-7-4-2-3-5-8(7)11-9(12)6-10(14)13-11/h2-5,9,11H,6,12H2,1H3,(H,13,14)/t9-,11+/m1/s1. The zero-order chi connectivity index (χ0) is 10.1. The maximum atomic E-state index is 11.2. The molecule has 1 aliphatic rings. The second kappa shape index (κ2) is 3.42. The first-order valence-electron chi connectivity index (χ1n) is 4.79. The summed E-state index contributed by atoms with van der Waals surface area (Å²) in [4.78, 5) is 11.2. The van der Waals surface area contributed by atoms with Gasteiger partial charge in [-0.2, -0.15) is 0 Å². The second-order valence-corrected chi connectivity index (χ2v) is 3.77. The fourth-order valence-corrected chi connectivity index (χ4v) is 1.92. The lowest BCUT2D eigenvalue weighted by molar-refractivity contribution is -0.119. The minimum Gasteiger partial charge on any atom is -0.348 e. The van der Waals surface area contributed by atoms with Crippen LogP contribution in [0.25, 0.3) is 0 Å². The molecule has 0 aromatic heterocycles. The van der Waals surface area contributed by atoms with Crippen molar-refractivity contribution in [3.8, 4) is 0 Å². The Morgan fingerprint density at radius 1 is 1.43 bits per heavy atom.